The number of halogens is 2. The summed E-state index contributed by atoms with van der Waals surface area (Å²) in [4.78, 5) is 28.1. The van der Waals surface area contributed by atoms with Crippen LogP contribution in [0.5, 0.6) is 17.2 Å². The molecule has 0 aromatic heterocycles. The summed E-state index contributed by atoms with van der Waals surface area (Å²) in [5.74, 6) is -2.54. The van der Waals surface area contributed by atoms with Crippen molar-refractivity contribution in [2.24, 2.45) is 0 Å². The Morgan fingerprint density at radius 3 is 2.12 bits per heavy atom. The summed E-state index contributed by atoms with van der Waals surface area (Å²) in [6, 6.07) is 8.10. The lowest BCUT2D eigenvalue weighted by molar-refractivity contribution is 0.0973. The van der Waals surface area contributed by atoms with Gasteiger partial charge in [-0.05, 0) is 62.5 Å². The maximum atomic E-state index is 13.3. The fraction of sp³-hybridized carbons (Fsp3) is 0.167. The maximum Gasteiger partial charge on any atom is 0.201 e. The van der Waals surface area contributed by atoms with Crippen LogP contribution >= 0.6 is 23.2 Å². The lowest BCUT2D eigenvalue weighted by Gasteiger charge is -2.29. The average molecular weight is 472 g/mol. The molecule has 32 heavy (non-hydrogen) atoms. The first-order valence-corrected chi connectivity index (χ1v) is 10.4. The third-order valence-corrected chi connectivity index (χ3v) is 6.13. The van der Waals surface area contributed by atoms with Crippen LogP contribution in [-0.4, -0.2) is 45.9 Å². The van der Waals surface area contributed by atoms with E-state index >= 15 is 0 Å². The number of hydrogen-bond acceptors (Lipinski definition) is 6. The molecule has 8 heteroatoms. The van der Waals surface area contributed by atoms with Gasteiger partial charge < -0.3 is 15.3 Å². The number of carbonyl (C=O) groups is 2. The molecule has 0 fully saturated rings. The number of nitrogens with zero attached hydrogens (tertiary/aromatic N) is 1. The summed E-state index contributed by atoms with van der Waals surface area (Å²) in [5, 5.41) is 33.1. The molecule has 0 aliphatic heterocycles. The number of aromatic hydroxyl groups is 3. The van der Waals surface area contributed by atoms with Crippen molar-refractivity contribution in [3.63, 3.8) is 0 Å². The Kier molecular flexibility index (Phi) is 5.41. The molecule has 0 heterocycles. The number of benzene rings is 3. The van der Waals surface area contributed by atoms with Gasteiger partial charge in [0, 0.05) is 21.2 Å². The second kappa shape index (κ2) is 7.81. The van der Waals surface area contributed by atoms with Gasteiger partial charge in [-0.2, -0.15) is 0 Å². The summed E-state index contributed by atoms with van der Waals surface area (Å²) in [6.45, 7) is 1.68. The van der Waals surface area contributed by atoms with E-state index in [9.17, 15) is 24.9 Å². The Bertz CT molecular complexity index is 1320. The van der Waals surface area contributed by atoms with E-state index in [1.54, 1.807) is 38.1 Å². The Hall–Kier alpha value is -3.06. The van der Waals surface area contributed by atoms with E-state index in [0.29, 0.717) is 21.2 Å². The molecule has 4 rings (SSSR count). The minimum Gasteiger partial charge on any atom is -0.507 e. The average Bonchev–Trinajstić information content (AvgIpc) is 2.68. The van der Waals surface area contributed by atoms with Crippen molar-refractivity contribution in [2.75, 3.05) is 14.1 Å². The van der Waals surface area contributed by atoms with E-state index < -0.39 is 23.4 Å². The molecule has 1 aliphatic carbocycles. The standard InChI is InChI=1S/C24H19Cl2NO5/c1-10-6-13-18(16(28)7-10)23(31)19-14(22(13)30)9-17(29)20(24(19)32)21(27(2)3)12-5-4-11(25)8-15(12)26/h4-9,21,28-29,32H,1-3H3. The molecule has 1 aliphatic rings. The molecule has 3 N–H and O–H groups in total. The van der Waals surface area contributed by atoms with Gasteiger partial charge in [-0.3, -0.25) is 14.5 Å². The van der Waals surface area contributed by atoms with Crippen molar-refractivity contribution >= 4 is 34.8 Å². The molecule has 3 aromatic carbocycles. The van der Waals surface area contributed by atoms with Gasteiger partial charge in [0.25, 0.3) is 0 Å². The highest BCUT2D eigenvalue weighted by Gasteiger charge is 2.38. The Morgan fingerprint density at radius 2 is 1.50 bits per heavy atom. The Morgan fingerprint density at radius 1 is 0.844 bits per heavy atom. The van der Waals surface area contributed by atoms with Gasteiger partial charge in [0.2, 0.25) is 5.78 Å². The zero-order chi connectivity index (χ0) is 23.5. The molecule has 1 atom stereocenters. The number of fused-ring (bicyclic) bond motifs is 2. The zero-order valence-corrected chi connectivity index (χ0v) is 18.9. The lowest BCUT2D eigenvalue weighted by Crippen LogP contribution is -2.25. The zero-order valence-electron chi connectivity index (χ0n) is 17.4. The summed E-state index contributed by atoms with van der Waals surface area (Å²) in [7, 11) is 3.43. The molecule has 1 unspecified atom stereocenters. The third kappa shape index (κ3) is 3.32. The van der Waals surface area contributed by atoms with E-state index in [-0.39, 0.29) is 39.3 Å². The van der Waals surface area contributed by atoms with Crippen molar-refractivity contribution in [1.82, 2.24) is 4.90 Å². The van der Waals surface area contributed by atoms with Crippen LogP contribution in [0.15, 0.2) is 36.4 Å². The predicted molar refractivity (Wildman–Crippen MR) is 121 cm³/mol. The first-order chi connectivity index (χ1) is 15.0. The highest BCUT2D eigenvalue weighted by atomic mass is 35.5. The van der Waals surface area contributed by atoms with Crippen LogP contribution in [0.2, 0.25) is 10.0 Å². The van der Waals surface area contributed by atoms with Crippen molar-refractivity contribution in [1.29, 1.82) is 0 Å². The fourth-order valence-corrected chi connectivity index (χ4v) is 4.73. The quantitative estimate of drug-likeness (QED) is 0.395. The van der Waals surface area contributed by atoms with Crippen molar-refractivity contribution < 1.29 is 24.9 Å². The molecular weight excluding hydrogens is 453 g/mol. The number of phenolic OH excluding ortho intramolecular Hbond substituents is 3. The summed E-state index contributed by atoms with van der Waals surface area (Å²) in [5.41, 5.74) is 0.579. The fourth-order valence-electron chi connectivity index (χ4n) is 4.22. The van der Waals surface area contributed by atoms with Crippen LogP contribution in [-0.2, 0) is 0 Å². The number of ketones is 2. The molecule has 0 radical (unpaired) electrons. The first-order valence-electron chi connectivity index (χ1n) is 9.66. The second-order valence-electron chi connectivity index (χ2n) is 7.98. The van der Waals surface area contributed by atoms with Crippen LogP contribution in [0.1, 0.15) is 54.6 Å². The highest BCUT2D eigenvalue weighted by molar-refractivity contribution is 6.35. The third-order valence-electron chi connectivity index (χ3n) is 5.57. The Balaban J connectivity index is 2.00. The number of hydrogen-bond donors (Lipinski definition) is 3. The molecule has 0 bridgehead atoms. The van der Waals surface area contributed by atoms with Crippen molar-refractivity contribution in [3.8, 4) is 17.2 Å². The van der Waals surface area contributed by atoms with E-state index in [0.717, 1.165) is 0 Å². The highest BCUT2D eigenvalue weighted by Crippen LogP contribution is 2.47. The summed E-state index contributed by atoms with van der Waals surface area (Å²) in [6.07, 6.45) is 0. The molecule has 3 aromatic rings. The van der Waals surface area contributed by atoms with Gasteiger partial charge in [0.15, 0.2) is 5.78 Å². The van der Waals surface area contributed by atoms with Gasteiger partial charge in [0.05, 0.1) is 22.7 Å². The maximum absolute atomic E-state index is 13.3. The van der Waals surface area contributed by atoms with Crippen LogP contribution in [0.4, 0.5) is 0 Å². The molecule has 0 saturated heterocycles. The molecule has 6 nitrogen and oxygen atoms in total. The predicted octanol–water partition coefficient (Wildman–Crippen LogP) is 4.85. The van der Waals surface area contributed by atoms with E-state index in [4.69, 9.17) is 23.2 Å². The minimum absolute atomic E-state index is 0.00849. The van der Waals surface area contributed by atoms with E-state index in [1.807, 2.05) is 0 Å². The Labute approximate surface area is 194 Å². The smallest absolute Gasteiger partial charge is 0.201 e. The first kappa shape index (κ1) is 22.1. The second-order valence-corrected chi connectivity index (χ2v) is 8.82. The number of carbonyl (C=O) groups excluding carboxylic acids is 2. The number of aryl methyl sites for hydroxylation is 1. The van der Waals surface area contributed by atoms with Gasteiger partial charge in [-0.25, -0.2) is 0 Å². The lowest BCUT2D eigenvalue weighted by atomic mass is 9.80. The topological polar surface area (TPSA) is 98.1 Å². The number of rotatable bonds is 3. The van der Waals surface area contributed by atoms with Gasteiger partial charge in [-0.1, -0.05) is 29.3 Å². The molecular formula is C24H19Cl2NO5. The number of phenols is 3. The van der Waals surface area contributed by atoms with Gasteiger partial charge in [-0.15, -0.1) is 0 Å². The van der Waals surface area contributed by atoms with Crippen LogP contribution < -0.4 is 0 Å². The summed E-state index contributed by atoms with van der Waals surface area (Å²) >= 11 is 12.4. The van der Waals surface area contributed by atoms with Crippen molar-refractivity contribution in [2.45, 2.75) is 13.0 Å². The van der Waals surface area contributed by atoms with Gasteiger partial charge >= 0.3 is 0 Å². The molecule has 0 saturated carbocycles. The van der Waals surface area contributed by atoms with Crippen LogP contribution in [0.25, 0.3) is 0 Å². The molecule has 0 amide bonds. The summed E-state index contributed by atoms with van der Waals surface area (Å²) < 4.78 is 0. The largest absolute Gasteiger partial charge is 0.507 e. The molecule has 164 valence electrons. The van der Waals surface area contributed by atoms with E-state index in [2.05, 4.69) is 0 Å². The molecule has 0 spiro atoms. The monoisotopic (exact) mass is 471 g/mol. The van der Waals surface area contributed by atoms with Crippen LogP contribution in [0, 0.1) is 6.92 Å². The van der Waals surface area contributed by atoms with Crippen molar-refractivity contribution in [3.05, 3.63) is 85.4 Å². The minimum atomic E-state index is -0.763. The normalized spacial score (nSPS) is 13.8. The van der Waals surface area contributed by atoms with E-state index in [1.165, 1.54) is 24.3 Å². The van der Waals surface area contributed by atoms with Gasteiger partial charge in [0.1, 0.15) is 17.2 Å². The SMILES string of the molecule is Cc1cc(O)c2c(c1)C(=O)c1cc(O)c(C(c3ccc(Cl)cc3Cl)N(C)C)c(O)c1C2=O. The van der Waals surface area contributed by atoms with Crippen LogP contribution in [0.3, 0.4) is 0 Å².